The predicted octanol–water partition coefficient (Wildman–Crippen LogP) is 2.85. The van der Waals surface area contributed by atoms with Crippen LogP contribution in [0.25, 0.3) is 0 Å². The van der Waals surface area contributed by atoms with Gasteiger partial charge in [-0.15, -0.1) is 0 Å². The third-order valence-electron chi connectivity index (χ3n) is 5.63. The van der Waals surface area contributed by atoms with E-state index in [9.17, 15) is 17.6 Å². The molecule has 1 aromatic rings. The Hall–Kier alpha value is -1.51. The Bertz CT molecular complexity index is 781. The number of halogens is 1. The highest BCUT2D eigenvalue weighted by Crippen LogP contribution is 2.23. The van der Waals surface area contributed by atoms with Gasteiger partial charge in [-0.05, 0) is 69.8 Å². The minimum atomic E-state index is -3.68. The van der Waals surface area contributed by atoms with E-state index in [0.717, 1.165) is 25.2 Å². The van der Waals surface area contributed by atoms with Crippen molar-refractivity contribution in [3.05, 3.63) is 30.1 Å². The highest BCUT2D eigenvalue weighted by atomic mass is 32.2. The minimum Gasteiger partial charge on any atom is -0.354 e. The number of hydrogen-bond acceptors (Lipinski definition) is 4. The fourth-order valence-electron chi connectivity index (χ4n) is 3.62. The lowest BCUT2D eigenvalue weighted by Crippen LogP contribution is -2.54. The minimum absolute atomic E-state index is 0.0448. The maximum atomic E-state index is 13.0. The number of rotatable bonds is 9. The van der Waals surface area contributed by atoms with Crippen LogP contribution in [-0.2, 0) is 14.8 Å². The molecule has 164 valence electrons. The highest BCUT2D eigenvalue weighted by molar-refractivity contribution is 7.89. The van der Waals surface area contributed by atoms with E-state index in [2.05, 4.69) is 31.0 Å². The third-order valence-corrected chi connectivity index (χ3v) is 7.50. The molecule has 1 saturated heterocycles. The number of benzene rings is 1. The molecule has 1 aliphatic rings. The Morgan fingerprint density at radius 1 is 1.31 bits per heavy atom. The van der Waals surface area contributed by atoms with Gasteiger partial charge in [0, 0.05) is 38.6 Å². The molecule has 0 radical (unpaired) electrons. The number of hydrogen-bond donors (Lipinski definition) is 1. The number of likely N-dealkylation sites (tertiary alicyclic amines) is 1. The quantitative estimate of drug-likeness (QED) is 0.658. The Kier molecular flexibility index (Phi) is 8.19. The molecule has 2 rings (SSSR count). The molecule has 0 aliphatic carbocycles. The molecule has 1 fully saturated rings. The maximum Gasteiger partial charge on any atom is 0.242 e. The van der Waals surface area contributed by atoms with Gasteiger partial charge in [-0.1, -0.05) is 6.92 Å². The van der Waals surface area contributed by atoms with E-state index < -0.39 is 15.8 Å². The van der Waals surface area contributed by atoms with Crippen molar-refractivity contribution in [2.24, 2.45) is 5.92 Å². The summed E-state index contributed by atoms with van der Waals surface area (Å²) in [6.07, 6.45) is 3.13. The average molecular weight is 428 g/mol. The zero-order chi connectivity index (χ0) is 21.7. The van der Waals surface area contributed by atoms with Crippen LogP contribution in [0.5, 0.6) is 0 Å². The van der Waals surface area contributed by atoms with Crippen LogP contribution in [0.2, 0.25) is 0 Å². The molecular formula is C21H34FN3O3S. The first-order chi connectivity index (χ1) is 13.5. The summed E-state index contributed by atoms with van der Waals surface area (Å²) in [4.78, 5) is 14.7. The standard InChI is InChI=1S/C21H34FN3O3S/c1-17-7-5-14-25(15-17)21(2,3)16-23-20(26)8-6-13-24(4)29(27,28)19-11-9-18(22)10-12-19/h9-12,17H,5-8,13-16H2,1-4H3,(H,23,26). The molecule has 1 heterocycles. The number of carbonyl (C=O) groups excluding carboxylic acids is 1. The largest absolute Gasteiger partial charge is 0.354 e. The summed E-state index contributed by atoms with van der Waals surface area (Å²) in [5.41, 5.74) is -0.104. The van der Waals surface area contributed by atoms with Crippen LogP contribution < -0.4 is 5.32 Å². The summed E-state index contributed by atoms with van der Waals surface area (Å²) >= 11 is 0. The molecule has 0 spiro atoms. The zero-order valence-electron chi connectivity index (χ0n) is 17.9. The van der Waals surface area contributed by atoms with Crippen molar-refractivity contribution in [1.82, 2.24) is 14.5 Å². The molecule has 1 unspecified atom stereocenters. The van der Waals surface area contributed by atoms with Crippen LogP contribution in [0.15, 0.2) is 29.2 Å². The van der Waals surface area contributed by atoms with Gasteiger partial charge in [0.1, 0.15) is 5.82 Å². The van der Waals surface area contributed by atoms with Gasteiger partial charge in [0.05, 0.1) is 4.90 Å². The number of amides is 1. The highest BCUT2D eigenvalue weighted by Gasteiger charge is 2.30. The van der Waals surface area contributed by atoms with E-state index in [0.29, 0.717) is 18.9 Å². The molecule has 29 heavy (non-hydrogen) atoms. The van der Waals surface area contributed by atoms with Crippen LogP contribution in [0.1, 0.15) is 46.5 Å². The van der Waals surface area contributed by atoms with Gasteiger partial charge in [-0.2, -0.15) is 0 Å². The van der Waals surface area contributed by atoms with Crippen LogP contribution in [0, 0.1) is 11.7 Å². The summed E-state index contributed by atoms with van der Waals surface area (Å²) in [5.74, 6) is 0.123. The Morgan fingerprint density at radius 3 is 2.59 bits per heavy atom. The van der Waals surface area contributed by atoms with Crippen molar-refractivity contribution in [2.75, 3.05) is 33.2 Å². The van der Waals surface area contributed by atoms with Crippen molar-refractivity contribution in [1.29, 1.82) is 0 Å². The second-order valence-electron chi connectivity index (χ2n) is 8.67. The summed E-state index contributed by atoms with van der Waals surface area (Å²) in [6.45, 7) is 9.45. The normalized spacial score (nSPS) is 18.8. The Morgan fingerprint density at radius 2 is 1.97 bits per heavy atom. The van der Waals surface area contributed by atoms with E-state index in [1.807, 2.05) is 0 Å². The molecule has 1 N–H and O–H groups in total. The SMILES string of the molecule is CC1CCCN(C(C)(C)CNC(=O)CCCN(C)S(=O)(=O)c2ccc(F)cc2)C1. The van der Waals surface area contributed by atoms with Crippen LogP contribution in [0.4, 0.5) is 4.39 Å². The summed E-state index contributed by atoms with van der Waals surface area (Å²) in [5, 5.41) is 3.00. The number of carbonyl (C=O) groups is 1. The lowest BCUT2D eigenvalue weighted by atomic mass is 9.93. The Labute approximate surface area is 174 Å². The number of nitrogens with zero attached hydrogens (tertiary/aromatic N) is 2. The smallest absolute Gasteiger partial charge is 0.242 e. The molecule has 8 heteroatoms. The van der Waals surface area contributed by atoms with Crippen molar-refractivity contribution >= 4 is 15.9 Å². The topological polar surface area (TPSA) is 69.7 Å². The van der Waals surface area contributed by atoms with Crippen LogP contribution in [0.3, 0.4) is 0 Å². The fourth-order valence-corrected chi connectivity index (χ4v) is 4.83. The monoisotopic (exact) mass is 427 g/mol. The summed E-state index contributed by atoms with van der Waals surface area (Å²) < 4.78 is 39.2. The van der Waals surface area contributed by atoms with Crippen molar-refractivity contribution < 1.29 is 17.6 Å². The maximum absolute atomic E-state index is 13.0. The number of nitrogens with one attached hydrogen (secondary N) is 1. The molecule has 0 bridgehead atoms. The third kappa shape index (κ3) is 6.76. The summed E-state index contributed by atoms with van der Waals surface area (Å²) in [7, 11) is -2.21. The van der Waals surface area contributed by atoms with Gasteiger partial charge in [0.15, 0.2) is 0 Å². The first kappa shape index (κ1) is 23.8. The Balaban J connectivity index is 1.76. The van der Waals surface area contributed by atoms with E-state index >= 15 is 0 Å². The van der Waals surface area contributed by atoms with Crippen molar-refractivity contribution in [3.8, 4) is 0 Å². The summed E-state index contributed by atoms with van der Waals surface area (Å²) in [6, 6.07) is 4.74. The molecule has 0 aromatic heterocycles. The van der Waals surface area contributed by atoms with Gasteiger partial charge in [0.2, 0.25) is 15.9 Å². The van der Waals surface area contributed by atoms with Crippen molar-refractivity contribution in [3.63, 3.8) is 0 Å². The van der Waals surface area contributed by atoms with Gasteiger partial charge in [0.25, 0.3) is 0 Å². The molecule has 0 saturated carbocycles. The van der Waals surface area contributed by atoms with Crippen LogP contribution in [-0.4, -0.2) is 62.3 Å². The second kappa shape index (κ2) is 10.00. The lowest BCUT2D eigenvalue weighted by molar-refractivity contribution is -0.121. The molecule has 1 amide bonds. The molecule has 1 aliphatic heterocycles. The second-order valence-corrected chi connectivity index (χ2v) is 10.7. The van der Waals surface area contributed by atoms with E-state index in [-0.39, 0.29) is 29.3 Å². The van der Waals surface area contributed by atoms with Gasteiger partial charge in [-0.25, -0.2) is 17.1 Å². The van der Waals surface area contributed by atoms with E-state index in [1.165, 1.54) is 36.3 Å². The lowest BCUT2D eigenvalue weighted by Gasteiger charge is -2.43. The van der Waals surface area contributed by atoms with Gasteiger partial charge < -0.3 is 5.32 Å². The van der Waals surface area contributed by atoms with E-state index in [1.54, 1.807) is 0 Å². The number of piperidine rings is 1. The van der Waals surface area contributed by atoms with Gasteiger partial charge >= 0.3 is 0 Å². The fraction of sp³-hybridized carbons (Fsp3) is 0.667. The average Bonchev–Trinajstić information content (AvgIpc) is 2.66. The van der Waals surface area contributed by atoms with Gasteiger partial charge in [-0.3, -0.25) is 9.69 Å². The molecule has 1 aromatic carbocycles. The predicted molar refractivity (Wildman–Crippen MR) is 113 cm³/mol. The first-order valence-electron chi connectivity index (χ1n) is 10.3. The molecular weight excluding hydrogens is 393 g/mol. The first-order valence-corrected chi connectivity index (χ1v) is 11.7. The number of sulfonamides is 1. The van der Waals surface area contributed by atoms with Crippen molar-refractivity contribution in [2.45, 2.75) is 56.9 Å². The van der Waals surface area contributed by atoms with Crippen LogP contribution >= 0.6 is 0 Å². The van der Waals surface area contributed by atoms with E-state index in [4.69, 9.17) is 0 Å². The zero-order valence-corrected chi connectivity index (χ0v) is 18.8. The molecule has 1 atom stereocenters. The molecule has 6 nitrogen and oxygen atoms in total.